The van der Waals surface area contributed by atoms with Crippen LogP contribution in [-0.4, -0.2) is 47.3 Å². The Morgan fingerprint density at radius 1 is 1.19 bits per heavy atom. The normalized spacial score (nSPS) is 14.6. The first-order valence-corrected chi connectivity index (χ1v) is 10.8. The average Bonchev–Trinajstić information content (AvgIpc) is 3.21. The lowest BCUT2D eigenvalue weighted by Crippen LogP contribution is -2.41. The second-order valence-electron chi connectivity index (χ2n) is 7.47. The summed E-state index contributed by atoms with van der Waals surface area (Å²) >= 11 is 6.12. The first-order valence-electron chi connectivity index (χ1n) is 10.4. The highest BCUT2D eigenvalue weighted by molar-refractivity contribution is 6.30. The van der Waals surface area contributed by atoms with E-state index in [1.54, 1.807) is 13.2 Å². The minimum absolute atomic E-state index is 0.0244. The maximum Gasteiger partial charge on any atom is 0.231 e. The quantitative estimate of drug-likeness (QED) is 0.603. The summed E-state index contributed by atoms with van der Waals surface area (Å²) in [5, 5.41) is 12.2. The Morgan fingerprint density at radius 3 is 2.74 bits per heavy atom. The van der Waals surface area contributed by atoms with E-state index in [1.807, 2.05) is 41.8 Å². The molecule has 0 unspecified atom stereocenters. The van der Waals surface area contributed by atoms with E-state index in [0.29, 0.717) is 29.7 Å². The zero-order chi connectivity index (χ0) is 21.8. The second kappa shape index (κ2) is 9.43. The van der Waals surface area contributed by atoms with E-state index in [9.17, 15) is 4.79 Å². The SMILES string of the molecule is CCOc1cc(CNC(=O)C2CCN(c3nnc4ccc(Cl)cn34)CC2)ccc1OC. The molecular formula is C22H26ClN5O3. The van der Waals surface area contributed by atoms with Gasteiger partial charge in [0.25, 0.3) is 0 Å². The standard InChI is InChI=1S/C22H26ClN5O3/c1-3-31-19-12-15(4-6-18(19)30-2)13-24-21(29)16-8-10-27(11-9-16)22-26-25-20-7-5-17(23)14-28(20)22/h4-7,12,14,16H,3,8-11,13H2,1-2H3,(H,24,29). The molecule has 4 rings (SSSR count). The van der Waals surface area contributed by atoms with Crippen molar-refractivity contribution < 1.29 is 14.3 Å². The first kappa shape index (κ1) is 21.2. The smallest absolute Gasteiger partial charge is 0.231 e. The van der Waals surface area contributed by atoms with Crippen LogP contribution in [-0.2, 0) is 11.3 Å². The Balaban J connectivity index is 1.33. The molecule has 1 aliphatic rings. The Kier molecular flexibility index (Phi) is 6.46. The monoisotopic (exact) mass is 443 g/mol. The summed E-state index contributed by atoms with van der Waals surface area (Å²) < 4.78 is 12.8. The minimum atomic E-state index is -0.0244. The third-order valence-corrected chi connectivity index (χ3v) is 5.72. The third-order valence-electron chi connectivity index (χ3n) is 5.49. The molecule has 1 aromatic carbocycles. The van der Waals surface area contributed by atoms with Gasteiger partial charge in [-0.1, -0.05) is 17.7 Å². The number of anilines is 1. The Hall–Kier alpha value is -3.00. The molecule has 1 saturated heterocycles. The summed E-state index contributed by atoms with van der Waals surface area (Å²) in [6.45, 7) is 4.41. The molecule has 3 aromatic rings. The number of fused-ring (bicyclic) bond motifs is 1. The molecule has 1 aliphatic heterocycles. The highest BCUT2D eigenvalue weighted by Crippen LogP contribution is 2.28. The number of amides is 1. The van der Waals surface area contributed by atoms with E-state index in [1.165, 1.54) is 0 Å². The van der Waals surface area contributed by atoms with Crippen molar-refractivity contribution >= 4 is 29.1 Å². The summed E-state index contributed by atoms with van der Waals surface area (Å²) in [6.07, 6.45) is 3.33. The van der Waals surface area contributed by atoms with Gasteiger partial charge >= 0.3 is 0 Å². The van der Waals surface area contributed by atoms with Crippen LogP contribution in [0.5, 0.6) is 11.5 Å². The van der Waals surface area contributed by atoms with Crippen LogP contribution in [0.4, 0.5) is 5.95 Å². The average molecular weight is 444 g/mol. The Bertz CT molecular complexity index is 1060. The molecule has 1 fully saturated rings. The lowest BCUT2D eigenvalue weighted by atomic mass is 9.96. The highest BCUT2D eigenvalue weighted by Gasteiger charge is 2.27. The number of ether oxygens (including phenoxy) is 2. The van der Waals surface area contributed by atoms with Crippen molar-refractivity contribution in [1.82, 2.24) is 19.9 Å². The van der Waals surface area contributed by atoms with Gasteiger partial charge in [0, 0.05) is 31.7 Å². The molecule has 9 heteroatoms. The first-order chi connectivity index (χ1) is 15.1. The summed E-state index contributed by atoms with van der Waals surface area (Å²) in [6, 6.07) is 9.35. The number of methoxy groups -OCH3 is 1. The van der Waals surface area contributed by atoms with Gasteiger partial charge in [-0.15, -0.1) is 10.2 Å². The lowest BCUT2D eigenvalue weighted by Gasteiger charge is -2.31. The molecule has 3 heterocycles. The second-order valence-corrected chi connectivity index (χ2v) is 7.91. The van der Waals surface area contributed by atoms with E-state index < -0.39 is 0 Å². The van der Waals surface area contributed by atoms with Crippen molar-refractivity contribution in [3.63, 3.8) is 0 Å². The van der Waals surface area contributed by atoms with Gasteiger partial charge in [-0.05, 0) is 49.6 Å². The van der Waals surface area contributed by atoms with Crippen LogP contribution in [0.1, 0.15) is 25.3 Å². The summed E-state index contributed by atoms with van der Waals surface area (Å²) in [4.78, 5) is 14.9. The molecule has 31 heavy (non-hydrogen) atoms. The molecule has 1 amide bonds. The number of nitrogens with one attached hydrogen (secondary N) is 1. The van der Waals surface area contributed by atoms with Crippen LogP contribution >= 0.6 is 11.6 Å². The number of carbonyl (C=O) groups is 1. The molecule has 0 spiro atoms. The van der Waals surface area contributed by atoms with Gasteiger partial charge in [-0.3, -0.25) is 9.20 Å². The van der Waals surface area contributed by atoms with Crippen LogP contribution in [0.3, 0.4) is 0 Å². The van der Waals surface area contributed by atoms with E-state index in [0.717, 1.165) is 43.1 Å². The number of halogens is 1. The Morgan fingerprint density at radius 2 is 2.00 bits per heavy atom. The number of rotatable bonds is 7. The van der Waals surface area contributed by atoms with Crippen molar-refractivity contribution in [1.29, 1.82) is 0 Å². The number of piperidine rings is 1. The molecule has 0 saturated carbocycles. The molecule has 164 valence electrons. The number of hydrogen-bond acceptors (Lipinski definition) is 6. The van der Waals surface area contributed by atoms with Gasteiger partial charge in [-0.25, -0.2) is 0 Å². The topological polar surface area (TPSA) is 81.0 Å². The maximum absolute atomic E-state index is 12.7. The number of nitrogens with zero attached hydrogens (tertiary/aromatic N) is 4. The van der Waals surface area contributed by atoms with Crippen LogP contribution in [0.2, 0.25) is 5.02 Å². The molecule has 0 bridgehead atoms. The Labute approximate surface area is 186 Å². The lowest BCUT2D eigenvalue weighted by molar-refractivity contribution is -0.125. The largest absolute Gasteiger partial charge is 0.493 e. The van der Waals surface area contributed by atoms with Crippen molar-refractivity contribution in [2.24, 2.45) is 5.92 Å². The predicted molar refractivity (Wildman–Crippen MR) is 119 cm³/mol. The van der Waals surface area contributed by atoms with E-state index in [2.05, 4.69) is 20.4 Å². The fraction of sp³-hybridized carbons (Fsp3) is 0.409. The fourth-order valence-corrected chi connectivity index (χ4v) is 4.00. The van der Waals surface area contributed by atoms with Crippen LogP contribution in [0.15, 0.2) is 36.5 Å². The predicted octanol–water partition coefficient (Wildman–Crippen LogP) is 3.32. The third kappa shape index (κ3) is 4.69. The highest BCUT2D eigenvalue weighted by atomic mass is 35.5. The number of hydrogen-bond donors (Lipinski definition) is 1. The minimum Gasteiger partial charge on any atom is -0.493 e. The summed E-state index contributed by atoms with van der Waals surface area (Å²) in [5.74, 6) is 2.18. The van der Waals surface area contributed by atoms with Crippen molar-refractivity contribution in [3.8, 4) is 11.5 Å². The van der Waals surface area contributed by atoms with Crippen molar-refractivity contribution in [2.75, 3.05) is 31.7 Å². The number of pyridine rings is 1. The molecule has 8 nitrogen and oxygen atoms in total. The molecule has 0 atom stereocenters. The number of aromatic nitrogens is 3. The molecule has 1 N–H and O–H groups in total. The van der Waals surface area contributed by atoms with Gasteiger partial charge in [0.15, 0.2) is 17.1 Å². The van der Waals surface area contributed by atoms with Crippen molar-refractivity contribution in [3.05, 3.63) is 47.1 Å². The van der Waals surface area contributed by atoms with E-state index in [4.69, 9.17) is 21.1 Å². The van der Waals surface area contributed by atoms with Crippen LogP contribution in [0, 0.1) is 5.92 Å². The zero-order valence-electron chi connectivity index (χ0n) is 17.7. The van der Waals surface area contributed by atoms with Crippen LogP contribution < -0.4 is 19.7 Å². The van der Waals surface area contributed by atoms with Crippen molar-refractivity contribution in [2.45, 2.75) is 26.3 Å². The zero-order valence-corrected chi connectivity index (χ0v) is 18.4. The van der Waals surface area contributed by atoms with Gasteiger partial charge < -0.3 is 19.7 Å². The fourth-order valence-electron chi connectivity index (χ4n) is 3.84. The molecular weight excluding hydrogens is 418 g/mol. The van der Waals surface area contributed by atoms with E-state index >= 15 is 0 Å². The van der Waals surface area contributed by atoms with Gasteiger partial charge in [-0.2, -0.15) is 0 Å². The number of carbonyl (C=O) groups excluding carboxylic acids is 1. The summed E-state index contributed by atoms with van der Waals surface area (Å²) in [5.41, 5.74) is 1.73. The molecule has 2 aromatic heterocycles. The van der Waals surface area contributed by atoms with Gasteiger partial charge in [0.2, 0.25) is 11.9 Å². The number of benzene rings is 1. The van der Waals surface area contributed by atoms with Gasteiger partial charge in [0.05, 0.1) is 18.7 Å². The van der Waals surface area contributed by atoms with Crippen LogP contribution in [0.25, 0.3) is 5.65 Å². The summed E-state index contributed by atoms with van der Waals surface area (Å²) in [7, 11) is 1.61. The molecule has 0 radical (unpaired) electrons. The van der Waals surface area contributed by atoms with E-state index in [-0.39, 0.29) is 11.8 Å². The van der Waals surface area contributed by atoms with Gasteiger partial charge in [0.1, 0.15) is 0 Å². The molecule has 0 aliphatic carbocycles. The maximum atomic E-state index is 12.7.